The third kappa shape index (κ3) is 51.1. The Balaban J connectivity index is 3.35. The molecule has 0 amide bonds. The highest BCUT2D eigenvalue weighted by Crippen LogP contribution is 2.17. The fourth-order valence-corrected chi connectivity index (χ4v) is 8.25. The van der Waals surface area contributed by atoms with Crippen molar-refractivity contribution < 1.29 is 19.4 Å². The van der Waals surface area contributed by atoms with E-state index in [4.69, 9.17) is 9.47 Å². The standard InChI is InChI=1S/C55H106O4/c1-3-5-7-9-11-13-15-17-19-21-23-25-27-29-31-33-35-37-39-41-43-45-47-49-51-58-53-54(52-56)59-55(57)50-48-46-44-42-40-38-36-34-32-30-28-26-24-22-20-18-16-14-12-10-8-6-4-2/h16,18,22,24,54,56H,3-15,17,19-21,23,25-53H2,1-2H3/b18-16-,24-22-. The van der Waals surface area contributed by atoms with E-state index in [-0.39, 0.29) is 12.6 Å². The van der Waals surface area contributed by atoms with Gasteiger partial charge in [-0.05, 0) is 44.9 Å². The first-order valence-electron chi connectivity index (χ1n) is 26.9. The SMILES string of the molecule is CCCCCCC/C=C\C/C=C\CCCCCCCCCCCCCC(=O)OC(CO)COCCCCCCCCCCCCCCCCCCCCCCCCCC. The quantitative estimate of drug-likeness (QED) is 0.0377. The Morgan fingerprint density at radius 2 is 0.712 bits per heavy atom. The van der Waals surface area contributed by atoms with Crippen molar-refractivity contribution in [3.8, 4) is 0 Å². The average Bonchev–Trinajstić information content (AvgIpc) is 3.24. The summed E-state index contributed by atoms with van der Waals surface area (Å²) < 4.78 is 11.2. The second-order valence-corrected chi connectivity index (χ2v) is 18.3. The molecule has 0 aromatic carbocycles. The van der Waals surface area contributed by atoms with Crippen LogP contribution in [0.25, 0.3) is 0 Å². The molecule has 1 atom stereocenters. The molecule has 59 heavy (non-hydrogen) atoms. The van der Waals surface area contributed by atoms with Crippen LogP contribution in [-0.2, 0) is 14.3 Å². The van der Waals surface area contributed by atoms with Crippen LogP contribution >= 0.6 is 0 Å². The molecule has 0 aliphatic heterocycles. The van der Waals surface area contributed by atoms with Crippen LogP contribution in [0.4, 0.5) is 0 Å². The van der Waals surface area contributed by atoms with Gasteiger partial charge in [0.25, 0.3) is 0 Å². The number of aliphatic hydroxyl groups is 1. The maximum atomic E-state index is 12.3. The summed E-state index contributed by atoms with van der Waals surface area (Å²) >= 11 is 0. The number of aliphatic hydroxyl groups excluding tert-OH is 1. The summed E-state index contributed by atoms with van der Waals surface area (Å²) in [5, 5.41) is 9.66. The number of allylic oxidation sites excluding steroid dienone is 4. The maximum absolute atomic E-state index is 12.3. The first-order chi connectivity index (χ1) is 29.2. The monoisotopic (exact) mass is 831 g/mol. The predicted molar refractivity (Wildman–Crippen MR) is 261 cm³/mol. The van der Waals surface area contributed by atoms with E-state index >= 15 is 0 Å². The minimum atomic E-state index is -0.532. The minimum absolute atomic E-state index is 0.167. The third-order valence-electron chi connectivity index (χ3n) is 12.3. The van der Waals surface area contributed by atoms with E-state index in [0.29, 0.717) is 19.6 Å². The number of unbranched alkanes of at least 4 members (excludes halogenated alkanes) is 39. The molecule has 0 heterocycles. The molecule has 4 nitrogen and oxygen atoms in total. The molecule has 4 heteroatoms. The van der Waals surface area contributed by atoms with Crippen molar-refractivity contribution in [1.29, 1.82) is 0 Å². The van der Waals surface area contributed by atoms with Gasteiger partial charge in [0.05, 0.1) is 13.2 Å². The van der Waals surface area contributed by atoms with Crippen molar-refractivity contribution in [3.05, 3.63) is 24.3 Å². The van der Waals surface area contributed by atoms with Gasteiger partial charge in [0.1, 0.15) is 6.10 Å². The second kappa shape index (κ2) is 53.0. The molecule has 0 rings (SSSR count). The van der Waals surface area contributed by atoms with Crippen molar-refractivity contribution >= 4 is 5.97 Å². The Bertz CT molecular complexity index is 837. The van der Waals surface area contributed by atoms with Crippen LogP contribution in [0.15, 0.2) is 24.3 Å². The van der Waals surface area contributed by atoms with Gasteiger partial charge < -0.3 is 14.6 Å². The zero-order chi connectivity index (χ0) is 42.6. The summed E-state index contributed by atoms with van der Waals surface area (Å²) in [6, 6.07) is 0. The Morgan fingerprint density at radius 3 is 1.05 bits per heavy atom. The first kappa shape index (κ1) is 57.9. The molecule has 1 unspecified atom stereocenters. The van der Waals surface area contributed by atoms with E-state index < -0.39 is 6.10 Å². The third-order valence-corrected chi connectivity index (χ3v) is 12.3. The van der Waals surface area contributed by atoms with E-state index in [0.717, 1.165) is 25.7 Å². The normalized spacial score (nSPS) is 12.4. The van der Waals surface area contributed by atoms with Gasteiger partial charge >= 0.3 is 5.97 Å². The largest absolute Gasteiger partial charge is 0.457 e. The summed E-state index contributed by atoms with van der Waals surface area (Å²) in [5.41, 5.74) is 0. The zero-order valence-electron chi connectivity index (χ0n) is 40.3. The summed E-state index contributed by atoms with van der Waals surface area (Å²) in [5.74, 6) is -0.196. The van der Waals surface area contributed by atoms with E-state index in [2.05, 4.69) is 38.2 Å². The van der Waals surface area contributed by atoms with Crippen LogP contribution in [0, 0.1) is 0 Å². The lowest BCUT2D eigenvalue weighted by Gasteiger charge is -2.16. The lowest BCUT2D eigenvalue weighted by molar-refractivity contribution is -0.154. The Kier molecular flexibility index (Phi) is 52.0. The molecule has 0 aliphatic carbocycles. The van der Waals surface area contributed by atoms with Gasteiger partial charge in [-0.25, -0.2) is 0 Å². The number of ether oxygens (including phenoxy) is 2. The number of rotatable bonds is 51. The summed E-state index contributed by atoms with van der Waals surface area (Å²) in [6.45, 7) is 5.39. The summed E-state index contributed by atoms with van der Waals surface area (Å²) in [7, 11) is 0. The van der Waals surface area contributed by atoms with Gasteiger partial charge in [0.15, 0.2) is 0 Å². The Morgan fingerprint density at radius 1 is 0.407 bits per heavy atom. The smallest absolute Gasteiger partial charge is 0.306 e. The molecule has 0 saturated carbocycles. The molecule has 1 N–H and O–H groups in total. The average molecular weight is 831 g/mol. The van der Waals surface area contributed by atoms with Gasteiger partial charge in [-0.1, -0.05) is 269 Å². The molecule has 0 bridgehead atoms. The molecular formula is C55H106O4. The van der Waals surface area contributed by atoms with Crippen molar-refractivity contribution in [2.75, 3.05) is 19.8 Å². The highest BCUT2D eigenvalue weighted by atomic mass is 16.6. The second-order valence-electron chi connectivity index (χ2n) is 18.3. The number of carbonyl (C=O) groups is 1. The van der Waals surface area contributed by atoms with Gasteiger partial charge in [-0.15, -0.1) is 0 Å². The number of carbonyl (C=O) groups excluding carboxylic acids is 1. The highest BCUT2D eigenvalue weighted by Gasteiger charge is 2.13. The number of hydrogen-bond acceptors (Lipinski definition) is 4. The van der Waals surface area contributed by atoms with E-state index in [1.165, 1.54) is 250 Å². The Hall–Kier alpha value is -1.13. The molecular weight excluding hydrogens is 725 g/mol. The van der Waals surface area contributed by atoms with E-state index in [1.54, 1.807) is 0 Å². The van der Waals surface area contributed by atoms with Gasteiger partial charge in [0, 0.05) is 13.0 Å². The van der Waals surface area contributed by atoms with Crippen LogP contribution in [0.5, 0.6) is 0 Å². The molecule has 0 spiro atoms. The zero-order valence-corrected chi connectivity index (χ0v) is 40.3. The van der Waals surface area contributed by atoms with Crippen LogP contribution in [0.1, 0.15) is 296 Å². The number of hydrogen-bond donors (Lipinski definition) is 1. The maximum Gasteiger partial charge on any atom is 0.306 e. The lowest BCUT2D eigenvalue weighted by Crippen LogP contribution is -2.27. The van der Waals surface area contributed by atoms with Crippen molar-refractivity contribution in [2.24, 2.45) is 0 Å². The number of esters is 1. The molecule has 0 radical (unpaired) electrons. The molecule has 0 aromatic heterocycles. The molecule has 350 valence electrons. The van der Waals surface area contributed by atoms with E-state index in [1.807, 2.05) is 0 Å². The summed E-state index contributed by atoms with van der Waals surface area (Å²) in [4.78, 5) is 12.3. The minimum Gasteiger partial charge on any atom is -0.457 e. The fourth-order valence-electron chi connectivity index (χ4n) is 8.25. The van der Waals surface area contributed by atoms with Crippen molar-refractivity contribution in [2.45, 2.75) is 302 Å². The molecule has 0 saturated heterocycles. The highest BCUT2D eigenvalue weighted by molar-refractivity contribution is 5.69. The van der Waals surface area contributed by atoms with Crippen LogP contribution < -0.4 is 0 Å². The fraction of sp³-hybridized carbons (Fsp3) is 0.909. The topological polar surface area (TPSA) is 55.8 Å². The molecule has 0 fully saturated rings. The van der Waals surface area contributed by atoms with Crippen molar-refractivity contribution in [3.63, 3.8) is 0 Å². The molecule has 0 aromatic rings. The van der Waals surface area contributed by atoms with Gasteiger partial charge in [0.2, 0.25) is 0 Å². The first-order valence-corrected chi connectivity index (χ1v) is 26.9. The van der Waals surface area contributed by atoms with Crippen molar-refractivity contribution in [1.82, 2.24) is 0 Å². The molecule has 0 aliphatic rings. The van der Waals surface area contributed by atoms with Gasteiger partial charge in [-0.2, -0.15) is 0 Å². The predicted octanol–water partition coefficient (Wildman–Crippen LogP) is 18.2. The lowest BCUT2D eigenvalue weighted by atomic mass is 10.0. The summed E-state index contributed by atoms with van der Waals surface area (Å²) in [6.07, 6.45) is 67.1. The van der Waals surface area contributed by atoms with E-state index in [9.17, 15) is 9.90 Å². The van der Waals surface area contributed by atoms with Gasteiger partial charge in [-0.3, -0.25) is 4.79 Å². The van der Waals surface area contributed by atoms with Crippen LogP contribution in [0.2, 0.25) is 0 Å². The Labute approximate surface area is 370 Å². The van der Waals surface area contributed by atoms with Crippen LogP contribution in [-0.4, -0.2) is 37.0 Å². The van der Waals surface area contributed by atoms with Crippen LogP contribution in [0.3, 0.4) is 0 Å².